The van der Waals surface area contributed by atoms with Crippen molar-refractivity contribution in [3.05, 3.63) is 46.8 Å². The molecular formula is C13H11ClN2O4S. The molecule has 0 spiro atoms. The summed E-state index contributed by atoms with van der Waals surface area (Å²) in [5, 5.41) is 12.3. The minimum absolute atomic E-state index is 0.00122. The van der Waals surface area contributed by atoms with Gasteiger partial charge in [-0.3, -0.25) is 0 Å². The normalized spacial score (nSPS) is 11.0. The van der Waals surface area contributed by atoms with Crippen LogP contribution in [0, 0.1) is 11.8 Å². The van der Waals surface area contributed by atoms with Crippen LogP contribution in [0.15, 0.2) is 39.9 Å². The second-order valence-corrected chi connectivity index (χ2v) is 6.06. The third-order valence-electron chi connectivity index (χ3n) is 2.47. The molecule has 0 fully saturated rings. The second-order valence-electron chi connectivity index (χ2n) is 3.92. The lowest BCUT2D eigenvalue weighted by atomic mass is 10.2. The standard InChI is InChI=1S/C13H11ClN2O4S/c14-12-8-10(2-1-6-17)3-4-13(12)21(18,19)15-9-11-5-7-20-16-11/h3-5,7-8,15,17H,6,9H2. The highest BCUT2D eigenvalue weighted by atomic mass is 35.5. The number of nitrogens with one attached hydrogen (secondary N) is 1. The van der Waals surface area contributed by atoms with E-state index in [9.17, 15) is 8.42 Å². The highest BCUT2D eigenvalue weighted by molar-refractivity contribution is 7.89. The van der Waals surface area contributed by atoms with Crippen LogP contribution in [0.5, 0.6) is 0 Å². The molecule has 0 aliphatic heterocycles. The zero-order valence-electron chi connectivity index (χ0n) is 10.7. The van der Waals surface area contributed by atoms with E-state index in [0.29, 0.717) is 11.3 Å². The fourth-order valence-corrected chi connectivity index (χ4v) is 3.06. The highest BCUT2D eigenvalue weighted by Gasteiger charge is 2.18. The highest BCUT2D eigenvalue weighted by Crippen LogP contribution is 2.22. The molecule has 1 heterocycles. The lowest BCUT2D eigenvalue weighted by Crippen LogP contribution is -2.23. The molecule has 2 rings (SSSR count). The zero-order chi connectivity index (χ0) is 15.3. The molecule has 0 aliphatic rings. The maximum Gasteiger partial charge on any atom is 0.242 e. The summed E-state index contributed by atoms with van der Waals surface area (Å²) in [5.41, 5.74) is 0.977. The molecule has 1 aromatic carbocycles. The summed E-state index contributed by atoms with van der Waals surface area (Å²) in [5.74, 6) is 5.10. The molecule has 0 saturated carbocycles. The Hall–Kier alpha value is -1.85. The van der Waals surface area contributed by atoms with Gasteiger partial charge >= 0.3 is 0 Å². The van der Waals surface area contributed by atoms with E-state index >= 15 is 0 Å². The first kappa shape index (κ1) is 15.5. The molecule has 0 atom stereocenters. The molecule has 6 nitrogen and oxygen atoms in total. The molecule has 0 amide bonds. The molecule has 0 unspecified atom stereocenters. The summed E-state index contributed by atoms with van der Waals surface area (Å²) in [7, 11) is -3.77. The lowest BCUT2D eigenvalue weighted by molar-refractivity contribution is 0.350. The van der Waals surface area contributed by atoms with Gasteiger partial charge in [-0.05, 0) is 18.2 Å². The van der Waals surface area contributed by atoms with Crippen molar-refractivity contribution < 1.29 is 18.0 Å². The number of rotatable bonds is 4. The van der Waals surface area contributed by atoms with Crippen molar-refractivity contribution in [3.8, 4) is 11.8 Å². The third kappa shape index (κ3) is 4.06. The fourth-order valence-electron chi connectivity index (χ4n) is 1.51. The molecule has 110 valence electrons. The van der Waals surface area contributed by atoms with Gasteiger partial charge in [0.05, 0.1) is 17.3 Å². The molecule has 0 radical (unpaired) electrons. The Morgan fingerprint density at radius 2 is 2.19 bits per heavy atom. The molecule has 0 saturated heterocycles. The first-order valence-corrected chi connectivity index (χ1v) is 7.67. The van der Waals surface area contributed by atoms with Crippen LogP contribution in [0.3, 0.4) is 0 Å². The maximum absolute atomic E-state index is 12.1. The van der Waals surface area contributed by atoms with Crippen LogP contribution in [0.1, 0.15) is 11.3 Å². The summed E-state index contributed by atoms with van der Waals surface area (Å²) in [6.45, 7) is -0.280. The van der Waals surface area contributed by atoms with E-state index in [1.807, 2.05) is 0 Å². The van der Waals surface area contributed by atoms with E-state index in [4.69, 9.17) is 16.7 Å². The number of sulfonamides is 1. The summed E-state index contributed by atoms with van der Waals surface area (Å²) in [6.07, 6.45) is 1.35. The third-order valence-corrected chi connectivity index (χ3v) is 4.35. The van der Waals surface area contributed by atoms with Gasteiger partial charge < -0.3 is 9.63 Å². The number of aromatic nitrogens is 1. The number of benzene rings is 1. The number of hydrogen-bond acceptors (Lipinski definition) is 5. The predicted octanol–water partition coefficient (Wildman–Crippen LogP) is 1.15. The van der Waals surface area contributed by atoms with Crippen molar-refractivity contribution in [2.75, 3.05) is 6.61 Å². The van der Waals surface area contributed by atoms with E-state index in [-0.39, 0.29) is 23.1 Å². The number of aliphatic hydroxyl groups is 1. The molecular weight excluding hydrogens is 316 g/mol. The van der Waals surface area contributed by atoms with Crippen LogP contribution in [-0.4, -0.2) is 25.3 Å². The maximum atomic E-state index is 12.1. The molecule has 1 aromatic heterocycles. The number of nitrogens with zero attached hydrogens (tertiary/aromatic N) is 1. The molecule has 0 bridgehead atoms. The Kier molecular flexibility index (Phi) is 4.98. The van der Waals surface area contributed by atoms with Gasteiger partial charge in [-0.25, -0.2) is 13.1 Å². The zero-order valence-corrected chi connectivity index (χ0v) is 12.3. The first-order chi connectivity index (χ1) is 10.0. The van der Waals surface area contributed by atoms with Crippen molar-refractivity contribution in [2.24, 2.45) is 0 Å². The van der Waals surface area contributed by atoms with Crippen molar-refractivity contribution in [1.29, 1.82) is 0 Å². The second kappa shape index (κ2) is 6.74. The van der Waals surface area contributed by atoms with Gasteiger partial charge in [-0.15, -0.1) is 0 Å². The quantitative estimate of drug-likeness (QED) is 0.822. The number of aliphatic hydroxyl groups excluding tert-OH is 1. The van der Waals surface area contributed by atoms with Crippen molar-refractivity contribution >= 4 is 21.6 Å². The van der Waals surface area contributed by atoms with Crippen LogP contribution >= 0.6 is 11.6 Å². The van der Waals surface area contributed by atoms with E-state index in [0.717, 1.165) is 0 Å². The van der Waals surface area contributed by atoms with Crippen molar-refractivity contribution in [2.45, 2.75) is 11.4 Å². The largest absolute Gasteiger partial charge is 0.384 e. The lowest BCUT2D eigenvalue weighted by Gasteiger charge is -2.07. The van der Waals surface area contributed by atoms with E-state index in [1.165, 1.54) is 24.5 Å². The van der Waals surface area contributed by atoms with E-state index in [1.54, 1.807) is 6.07 Å². The SMILES string of the molecule is O=S(=O)(NCc1ccon1)c1ccc(C#CCO)cc1Cl. The first-order valence-electron chi connectivity index (χ1n) is 5.81. The van der Waals surface area contributed by atoms with Crippen LogP contribution in [0.25, 0.3) is 0 Å². The summed E-state index contributed by atoms with van der Waals surface area (Å²) >= 11 is 5.97. The van der Waals surface area contributed by atoms with Crippen LogP contribution in [0.2, 0.25) is 5.02 Å². The van der Waals surface area contributed by atoms with Gasteiger partial charge in [0.2, 0.25) is 10.0 Å². The van der Waals surface area contributed by atoms with E-state index < -0.39 is 10.0 Å². The Labute approximate surface area is 126 Å². The predicted molar refractivity (Wildman–Crippen MR) is 75.9 cm³/mol. The molecule has 21 heavy (non-hydrogen) atoms. The molecule has 2 N–H and O–H groups in total. The van der Waals surface area contributed by atoms with Crippen LogP contribution in [-0.2, 0) is 16.6 Å². The molecule has 2 aromatic rings. The average molecular weight is 327 g/mol. The summed E-state index contributed by atoms with van der Waals surface area (Å²) in [6, 6.07) is 5.85. The smallest absolute Gasteiger partial charge is 0.242 e. The monoisotopic (exact) mass is 326 g/mol. The minimum atomic E-state index is -3.77. The summed E-state index contributed by atoms with van der Waals surface area (Å²) in [4.78, 5) is -0.0535. The fraction of sp³-hybridized carbons (Fsp3) is 0.154. The number of halogens is 1. The van der Waals surface area contributed by atoms with Crippen LogP contribution in [0.4, 0.5) is 0 Å². The van der Waals surface area contributed by atoms with Crippen LogP contribution < -0.4 is 4.72 Å². The van der Waals surface area contributed by atoms with Gasteiger partial charge in [0.1, 0.15) is 17.8 Å². The molecule has 0 aliphatic carbocycles. The Morgan fingerprint density at radius 1 is 1.38 bits per heavy atom. The average Bonchev–Trinajstić information content (AvgIpc) is 2.96. The van der Waals surface area contributed by atoms with Gasteiger partial charge in [0.15, 0.2) is 0 Å². The van der Waals surface area contributed by atoms with Gasteiger partial charge in [-0.1, -0.05) is 28.6 Å². The van der Waals surface area contributed by atoms with Gasteiger partial charge in [-0.2, -0.15) is 0 Å². The van der Waals surface area contributed by atoms with Gasteiger partial charge in [0, 0.05) is 11.6 Å². The number of hydrogen-bond donors (Lipinski definition) is 2. The van der Waals surface area contributed by atoms with Crippen molar-refractivity contribution in [1.82, 2.24) is 9.88 Å². The summed E-state index contributed by atoms with van der Waals surface area (Å²) < 4.78 is 31.3. The topological polar surface area (TPSA) is 92.4 Å². The Bertz CT molecular complexity index is 776. The van der Waals surface area contributed by atoms with E-state index in [2.05, 4.69) is 26.2 Å². The van der Waals surface area contributed by atoms with Gasteiger partial charge in [0.25, 0.3) is 0 Å². The Morgan fingerprint density at radius 3 is 2.81 bits per heavy atom. The Balaban J connectivity index is 2.19. The minimum Gasteiger partial charge on any atom is -0.384 e. The van der Waals surface area contributed by atoms with Crippen molar-refractivity contribution in [3.63, 3.8) is 0 Å². The molecule has 8 heteroatoms.